The summed E-state index contributed by atoms with van der Waals surface area (Å²) in [6, 6.07) is 13.7. The summed E-state index contributed by atoms with van der Waals surface area (Å²) in [5.41, 5.74) is 1.36. The zero-order valence-corrected chi connectivity index (χ0v) is 17.3. The highest BCUT2D eigenvalue weighted by atomic mass is 19.4. The molecule has 1 unspecified atom stereocenters. The van der Waals surface area contributed by atoms with E-state index in [0.717, 1.165) is 17.8 Å². The quantitative estimate of drug-likeness (QED) is 0.630. The van der Waals surface area contributed by atoms with Crippen LogP contribution in [0.1, 0.15) is 27.5 Å². The molecule has 0 spiro atoms. The standard InChI is InChI=1S/C23H23F3N4O2/c24-23(25,26)19-6-2-17(3-7-19)21(29-12-14-32-15-13-29)16-27-22(31)18-4-8-20(9-5-18)30-11-1-10-28-30/h1-11,21H,12-16H2,(H,27,31). The molecule has 4 rings (SSSR count). The molecule has 6 nitrogen and oxygen atoms in total. The van der Waals surface area contributed by atoms with E-state index in [1.54, 1.807) is 35.1 Å². The summed E-state index contributed by atoms with van der Waals surface area (Å²) in [6.45, 7) is 2.63. The van der Waals surface area contributed by atoms with Crippen LogP contribution in [0.25, 0.3) is 5.69 Å². The van der Waals surface area contributed by atoms with Gasteiger partial charge in [-0.3, -0.25) is 9.69 Å². The van der Waals surface area contributed by atoms with Gasteiger partial charge >= 0.3 is 6.18 Å². The van der Waals surface area contributed by atoms with E-state index >= 15 is 0 Å². The van der Waals surface area contributed by atoms with Crippen molar-refractivity contribution in [2.75, 3.05) is 32.8 Å². The SMILES string of the molecule is O=C(NCC(c1ccc(C(F)(F)F)cc1)N1CCOCC1)c1ccc(-n2cccn2)cc1. The molecular formula is C23H23F3N4O2. The van der Waals surface area contributed by atoms with Gasteiger partial charge in [-0.2, -0.15) is 18.3 Å². The van der Waals surface area contributed by atoms with Crippen LogP contribution in [0.15, 0.2) is 67.0 Å². The second kappa shape index (κ2) is 9.54. The predicted molar refractivity (Wildman–Crippen MR) is 112 cm³/mol. The zero-order valence-electron chi connectivity index (χ0n) is 17.3. The Balaban J connectivity index is 1.46. The van der Waals surface area contributed by atoms with Gasteiger partial charge in [0.05, 0.1) is 30.5 Å². The summed E-state index contributed by atoms with van der Waals surface area (Å²) in [4.78, 5) is 14.8. The van der Waals surface area contributed by atoms with Crippen LogP contribution in [0.4, 0.5) is 13.2 Å². The number of morpholine rings is 1. The number of ether oxygens (including phenoxy) is 1. The first-order valence-electron chi connectivity index (χ1n) is 10.3. The molecule has 0 aliphatic carbocycles. The fraction of sp³-hybridized carbons (Fsp3) is 0.304. The van der Waals surface area contributed by atoms with Crippen molar-refractivity contribution < 1.29 is 22.7 Å². The number of halogens is 3. The van der Waals surface area contributed by atoms with Gasteiger partial charge in [0, 0.05) is 37.6 Å². The summed E-state index contributed by atoms with van der Waals surface area (Å²) in [7, 11) is 0. The minimum Gasteiger partial charge on any atom is -0.379 e. The number of hydrogen-bond acceptors (Lipinski definition) is 4. The Bertz CT molecular complexity index is 1010. The van der Waals surface area contributed by atoms with Crippen molar-refractivity contribution in [3.8, 4) is 5.69 Å². The topological polar surface area (TPSA) is 59.4 Å². The second-order valence-corrected chi connectivity index (χ2v) is 7.49. The van der Waals surface area contributed by atoms with E-state index in [0.29, 0.717) is 37.4 Å². The first-order chi connectivity index (χ1) is 15.4. The molecule has 9 heteroatoms. The number of amides is 1. The van der Waals surface area contributed by atoms with Gasteiger partial charge in [0.2, 0.25) is 0 Å². The zero-order chi connectivity index (χ0) is 22.6. The van der Waals surface area contributed by atoms with Crippen LogP contribution < -0.4 is 5.32 Å². The minimum absolute atomic E-state index is 0.248. The molecule has 1 N–H and O–H groups in total. The maximum absolute atomic E-state index is 12.9. The van der Waals surface area contributed by atoms with E-state index < -0.39 is 11.7 Å². The largest absolute Gasteiger partial charge is 0.416 e. The van der Waals surface area contributed by atoms with Crippen molar-refractivity contribution in [1.29, 1.82) is 0 Å². The lowest BCUT2D eigenvalue weighted by atomic mass is 10.0. The Hall–Kier alpha value is -3.17. The number of aromatic nitrogens is 2. The third kappa shape index (κ3) is 5.17. The highest BCUT2D eigenvalue weighted by molar-refractivity contribution is 5.94. The molecule has 1 fully saturated rings. The van der Waals surface area contributed by atoms with Gasteiger partial charge in [0.1, 0.15) is 0 Å². The van der Waals surface area contributed by atoms with Gasteiger partial charge in [-0.05, 0) is 48.0 Å². The molecular weight excluding hydrogens is 421 g/mol. The summed E-state index contributed by atoms with van der Waals surface area (Å²) in [5.74, 6) is -0.248. The van der Waals surface area contributed by atoms with Crippen molar-refractivity contribution in [3.63, 3.8) is 0 Å². The number of nitrogens with zero attached hydrogens (tertiary/aromatic N) is 3. The van der Waals surface area contributed by atoms with Gasteiger partial charge < -0.3 is 10.1 Å². The minimum atomic E-state index is -4.39. The molecule has 1 atom stereocenters. The van der Waals surface area contributed by atoms with Crippen LogP contribution >= 0.6 is 0 Å². The summed E-state index contributed by atoms with van der Waals surface area (Å²) in [5, 5.41) is 7.08. The van der Waals surface area contributed by atoms with Gasteiger partial charge in [-0.15, -0.1) is 0 Å². The van der Waals surface area contributed by atoms with E-state index in [1.807, 2.05) is 12.3 Å². The highest BCUT2D eigenvalue weighted by Gasteiger charge is 2.31. The second-order valence-electron chi connectivity index (χ2n) is 7.49. The molecule has 32 heavy (non-hydrogen) atoms. The fourth-order valence-corrected chi connectivity index (χ4v) is 3.72. The number of benzene rings is 2. The van der Waals surface area contributed by atoms with Crippen LogP contribution in [-0.4, -0.2) is 53.4 Å². The van der Waals surface area contributed by atoms with Gasteiger partial charge in [0.15, 0.2) is 0 Å². The average Bonchev–Trinajstić information content (AvgIpc) is 3.35. The Kier molecular flexibility index (Phi) is 6.57. The average molecular weight is 444 g/mol. The molecule has 1 aromatic heterocycles. The summed E-state index contributed by atoms with van der Waals surface area (Å²) >= 11 is 0. The van der Waals surface area contributed by atoms with E-state index in [9.17, 15) is 18.0 Å². The number of rotatable bonds is 6. The molecule has 2 heterocycles. The van der Waals surface area contributed by atoms with Crippen LogP contribution in [-0.2, 0) is 10.9 Å². The molecule has 1 aliphatic heterocycles. The van der Waals surface area contributed by atoms with Gasteiger partial charge in [-0.1, -0.05) is 12.1 Å². The monoisotopic (exact) mass is 444 g/mol. The van der Waals surface area contributed by atoms with Crippen molar-refractivity contribution in [1.82, 2.24) is 20.0 Å². The van der Waals surface area contributed by atoms with Crippen LogP contribution in [0.3, 0.4) is 0 Å². The van der Waals surface area contributed by atoms with Crippen molar-refractivity contribution in [2.45, 2.75) is 12.2 Å². The smallest absolute Gasteiger partial charge is 0.379 e. The van der Waals surface area contributed by atoms with Crippen molar-refractivity contribution in [3.05, 3.63) is 83.7 Å². The van der Waals surface area contributed by atoms with Crippen LogP contribution in [0, 0.1) is 0 Å². The number of carbonyl (C=O) groups is 1. The lowest BCUT2D eigenvalue weighted by Gasteiger charge is -2.35. The first-order valence-corrected chi connectivity index (χ1v) is 10.3. The number of alkyl halides is 3. The number of nitrogens with one attached hydrogen (secondary N) is 1. The Morgan fingerprint density at radius 3 is 2.34 bits per heavy atom. The van der Waals surface area contributed by atoms with Crippen LogP contribution in [0.5, 0.6) is 0 Å². The molecule has 168 valence electrons. The number of carbonyl (C=O) groups excluding carboxylic acids is 1. The molecule has 0 bridgehead atoms. The maximum Gasteiger partial charge on any atom is 0.416 e. The van der Waals surface area contributed by atoms with E-state index in [-0.39, 0.29) is 18.5 Å². The Morgan fingerprint density at radius 2 is 1.75 bits per heavy atom. The van der Waals surface area contributed by atoms with E-state index in [4.69, 9.17) is 4.74 Å². The van der Waals surface area contributed by atoms with Gasteiger partial charge in [0.25, 0.3) is 5.91 Å². The molecule has 2 aromatic carbocycles. The molecule has 0 saturated carbocycles. The van der Waals surface area contributed by atoms with Crippen molar-refractivity contribution >= 4 is 5.91 Å². The lowest BCUT2D eigenvalue weighted by molar-refractivity contribution is -0.137. The third-order valence-electron chi connectivity index (χ3n) is 5.46. The Morgan fingerprint density at radius 1 is 1.06 bits per heavy atom. The third-order valence-corrected chi connectivity index (χ3v) is 5.46. The molecule has 1 aliphatic rings. The highest BCUT2D eigenvalue weighted by Crippen LogP contribution is 2.31. The normalized spacial score (nSPS) is 16.0. The van der Waals surface area contributed by atoms with Crippen LogP contribution in [0.2, 0.25) is 0 Å². The van der Waals surface area contributed by atoms with E-state index in [2.05, 4.69) is 15.3 Å². The van der Waals surface area contributed by atoms with Gasteiger partial charge in [-0.25, -0.2) is 4.68 Å². The maximum atomic E-state index is 12.9. The fourth-order valence-electron chi connectivity index (χ4n) is 3.72. The molecule has 1 saturated heterocycles. The summed E-state index contributed by atoms with van der Waals surface area (Å²) < 4.78 is 45.9. The van der Waals surface area contributed by atoms with E-state index in [1.165, 1.54) is 12.1 Å². The molecule has 0 radical (unpaired) electrons. The lowest BCUT2D eigenvalue weighted by Crippen LogP contribution is -2.43. The predicted octanol–water partition coefficient (Wildman–Crippen LogP) is 3.69. The van der Waals surface area contributed by atoms with Crippen molar-refractivity contribution in [2.24, 2.45) is 0 Å². The molecule has 3 aromatic rings. The molecule has 1 amide bonds. The Labute approximate surface area is 183 Å². The number of hydrogen-bond donors (Lipinski definition) is 1. The summed E-state index contributed by atoms with van der Waals surface area (Å²) in [6.07, 6.45) is -0.900. The first kappa shape index (κ1) is 22.0.